The standard InChI is InChI=1S/C15H24F6/c1-11(2,3)8-7-9-13(14(16,17)18,15(19,20)21)10-12(4,5)6/h7-8H,9-10H2,1-6H3/b8-7+. The normalized spacial score (nSPS) is 15.8. The van der Waals surface area contributed by atoms with Crippen molar-refractivity contribution in [1.29, 1.82) is 0 Å². The van der Waals surface area contributed by atoms with Gasteiger partial charge in [0, 0.05) is 0 Å². The molecule has 6 heteroatoms. The minimum atomic E-state index is -5.35. The molecule has 0 saturated carbocycles. The van der Waals surface area contributed by atoms with Gasteiger partial charge in [0.2, 0.25) is 0 Å². The summed E-state index contributed by atoms with van der Waals surface area (Å²) in [4.78, 5) is 0. The molecule has 126 valence electrons. The van der Waals surface area contributed by atoms with Crippen LogP contribution in [0.4, 0.5) is 26.3 Å². The Labute approximate surface area is 122 Å². The molecule has 0 aromatic carbocycles. The fourth-order valence-corrected chi connectivity index (χ4v) is 2.18. The molecule has 0 bridgehead atoms. The molecule has 0 aliphatic heterocycles. The lowest BCUT2D eigenvalue weighted by atomic mass is 9.70. The van der Waals surface area contributed by atoms with Gasteiger partial charge in [0.1, 0.15) is 0 Å². The van der Waals surface area contributed by atoms with Crippen LogP contribution in [0.25, 0.3) is 0 Å². The Morgan fingerprint density at radius 2 is 1.10 bits per heavy atom. The lowest BCUT2D eigenvalue weighted by molar-refractivity contribution is -0.347. The summed E-state index contributed by atoms with van der Waals surface area (Å²) < 4.78 is 79.6. The third kappa shape index (κ3) is 5.91. The first kappa shape index (κ1) is 20.3. The van der Waals surface area contributed by atoms with Crippen molar-refractivity contribution in [3.05, 3.63) is 12.2 Å². The maximum atomic E-state index is 13.3. The van der Waals surface area contributed by atoms with E-state index in [1.165, 1.54) is 26.8 Å². The Balaban J connectivity index is 5.78. The van der Waals surface area contributed by atoms with E-state index in [2.05, 4.69) is 0 Å². The molecule has 0 heterocycles. The lowest BCUT2D eigenvalue weighted by Gasteiger charge is -2.41. The molecule has 0 aromatic rings. The first-order valence-corrected chi connectivity index (χ1v) is 6.72. The van der Waals surface area contributed by atoms with Crippen molar-refractivity contribution in [2.75, 3.05) is 0 Å². The molecule has 0 aliphatic rings. The minimum absolute atomic E-state index is 0.468. The van der Waals surface area contributed by atoms with Gasteiger partial charge in [-0.2, -0.15) is 26.3 Å². The summed E-state index contributed by atoms with van der Waals surface area (Å²) in [5, 5.41) is 0. The monoisotopic (exact) mass is 318 g/mol. The lowest BCUT2D eigenvalue weighted by Crippen LogP contribution is -2.51. The highest BCUT2D eigenvalue weighted by atomic mass is 19.4. The van der Waals surface area contributed by atoms with Crippen LogP contribution in [0.15, 0.2) is 12.2 Å². The number of rotatable bonds is 3. The highest BCUT2D eigenvalue weighted by Crippen LogP contribution is 2.58. The molecule has 0 radical (unpaired) electrons. The molecule has 0 aliphatic carbocycles. The van der Waals surface area contributed by atoms with E-state index in [0.717, 1.165) is 6.08 Å². The van der Waals surface area contributed by atoms with Crippen LogP contribution in [-0.4, -0.2) is 12.4 Å². The van der Waals surface area contributed by atoms with E-state index in [9.17, 15) is 26.3 Å². The smallest absolute Gasteiger partial charge is 0.170 e. The molecular weight excluding hydrogens is 294 g/mol. The second kappa shape index (κ2) is 5.84. The van der Waals surface area contributed by atoms with Gasteiger partial charge in [0.25, 0.3) is 0 Å². The molecule has 0 spiro atoms. The SMILES string of the molecule is CC(C)(C)/C=C/CC(CC(C)(C)C)(C(F)(F)F)C(F)(F)F. The van der Waals surface area contributed by atoms with Crippen molar-refractivity contribution in [1.82, 2.24) is 0 Å². The molecule has 21 heavy (non-hydrogen) atoms. The zero-order chi connectivity index (χ0) is 17.3. The number of hydrogen-bond donors (Lipinski definition) is 0. The van der Waals surface area contributed by atoms with E-state index >= 15 is 0 Å². The second-order valence-electron chi connectivity index (χ2n) is 7.79. The van der Waals surface area contributed by atoms with Gasteiger partial charge >= 0.3 is 12.4 Å². The highest BCUT2D eigenvalue weighted by molar-refractivity contribution is 5.03. The molecule has 0 unspecified atom stereocenters. The van der Waals surface area contributed by atoms with Gasteiger partial charge < -0.3 is 0 Å². The maximum absolute atomic E-state index is 13.3. The summed E-state index contributed by atoms with van der Waals surface area (Å²) in [6, 6.07) is 0. The summed E-state index contributed by atoms with van der Waals surface area (Å²) in [6.45, 7) is 9.30. The fraction of sp³-hybridized carbons (Fsp3) is 0.867. The largest absolute Gasteiger partial charge is 0.403 e. The quantitative estimate of drug-likeness (QED) is 0.410. The van der Waals surface area contributed by atoms with Crippen LogP contribution < -0.4 is 0 Å². The number of hydrogen-bond acceptors (Lipinski definition) is 0. The third-order valence-electron chi connectivity index (χ3n) is 3.00. The van der Waals surface area contributed by atoms with Crippen molar-refractivity contribution in [2.24, 2.45) is 16.2 Å². The predicted octanol–water partition coefficient (Wildman–Crippen LogP) is 6.53. The van der Waals surface area contributed by atoms with E-state index in [1.54, 1.807) is 20.8 Å². The average molecular weight is 318 g/mol. The zero-order valence-electron chi connectivity index (χ0n) is 13.3. The topological polar surface area (TPSA) is 0 Å². The van der Waals surface area contributed by atoms with Gasteiger partial charge in [-0.1, -0.05) is 53.7 Å². The number of halogens is 6. The predicted molar refractivity (Wildman–Crippen MR) is 71.8 cm³/mol. The molecule has 0 amide bonds. The summed E-state index contributed by atoms with van der Waals surface area (Å²) in [5.74, 6) is 0. The van der Waals surface area contributed by atoms with Gasteiger partial charge in [-0.05, 0) is 23.7 Å². The second-order valence-corrected chi connectivity index (χ2v) is 7.79. The fourth-order valence-electron chi connectivity index (χ4n) is 2.18. The Kier molecular flexibility index (Phi) is 5.65. The van der Waals surface area contributed by atoms with Crippen LogP contribution >= 0.6 is 0 Å². The van der Waals surface area contributed by atoms with Crippen LogP contribution in [0, 0.1) is 16.2 Å². The van der Waals surface area contributed by atoms with Gasteiger partial charge in [-0.3, -0.25) is 0 Å². The first-order chi connectivity index (χ1) is 8.91. The molecule has 0 N–H and O–H groups in total. The van der Waals surface area contributed by atoms with E-state index in [-0.39, 0.29) is 0 Å². The summed E-state index contributed by atoms with van der Waals surface area (Å²) in [6.07, 6.45) is -10.4. The van der Waals surface area contributed by atoms with Crippen LogP contribution in [-0.2, 0) is 0 Å². The minimum Gasteiger partial charge on any atom is -0.170 e. The van der Waals surface area contributed by atoms with E-state index < -0.39 is 41.4 Å². The molecule has 0 fully saturated rings. The van der Waals surface area contributed by atoms with Crippen LogP contribution in [0.5, 0.6) is 0 Å². The molecule has 0 aromatic heterocycles. The average Bonchev–Trinajstić information content (AvgIpc) is 2.07. The zero-order valence-corrected chi connectivity index (χ0v) is 13.3. The Hall–Kier alpha value is -0.680. The van der Waals surface area contributed by atoms with Crippen LogP contribution in [0.1, 0.15) is 54.4 Å². The highest BCUT2D eigenvalue weighted by Gasteiger charge is 2.70. The van der Waals surface area contributed by atoms with Gasteiger partial charge in [0.15, 0.2) is 5.41 Å². The Bertz CT molecular complexity index is 346. The molecule has 0 nitrogen and oxygen atoms in total. The van der Waals surface area contributed by atoms with Gasteiger partial charge in [-0.15, -0.1) is 0 Å². The van der Waals surface area contributed by atoms with Crippen molar-refractivity contribution in [3.8, 4) is 0 Å². The molecule has 0 saturated heterocycles. The van der Waals surface area contributed by atoms with Crippen molar-refractivity contribution < 1.29 is 26.3 Å². The Morgan fingerprint density at radius 3 is 1.33 bits per heavy atom. The maximum Gasteiger partial charge on any atom is 0.403 e. The molecule has 0 rings (SSSR count). The summed E-state index contributed by atoms with van der Waals surface area (Å²) in [7, 11) is 0. The van der Waals surface area contributed by atoms with Gasteiger partial charge in [0.05, 0.1) is 0 Å². The molecule has 0 atom stereocenters. The number of alkyl halides is 6. The van der Waals surface area contributed by atoms with Crippen molar-refractivity contribution in [2.45, 2.75) is 66.7 Å². The van der Waals surface area contributed by atoms with E-state index in [4.69, 9.17) is 0 Å². The Morgan fingerprint density at radius 1 is 0.714 bits per heavy atom. The summed E-state index contributed by atoms with van der Waals surface area (Å²) >= 11 is 0. The van der Waals surface area contributed by atoms with Crippen LogP contribution in [0.3, 0.4) is 0 Å². The third-order valence-corrected chi connectivity index (χ3v) is 3.00. The van der Waals surface area contributed by atoms with E-state index in [1.807, 2.05) is 0 Å². The van der Waals surface area contributed by atoms with E-state index in [0.29, 0.717) is 0 Å². The number of allylic oxidation sites excluding steroid dienone is 2. The molecular formula is C15H24F6. The summed E-state index contributed by atoms with van der Waals surface area (Å²) in [5.41, 5.74) is -5.27. The van der Waals surface area contributed by atoms with Crippen molar-refractivity contribution in [3.63, 3.8) is 0 Å². The first-order valence-electron chi connectivity index (χ1n) is 6.72. The van der Waals surface area contributed by atoms with Crippen molar-refractivity contribution >= 4 is 0 Å². The van der Waals surface area contributed by atoms with Gasteiger partial charge in [-0.25, -0.2) is 0 Å². The van der Waals surface area contributed by atoms with Crippen LogP contribution in [0.2, 0.25) is 0 Å².